The van der Waals surface area contributed by atoms with Crippen molar-refractivity contribution in [3.63, 3.8) is 0 Å². The van der Waals surface area contributed by atoms with Gasteiger partial charge in [0.15, 0.2) is 5.52 Å². The van der Waals surface area contributed by atoms with Crippen molar-refractivity contribution < 1.29 is 14.2 Å². The van der Waals surface area contributed by atoms with E-state index in [1.807, 2.05) is 0 Å². The molecular weight excluding hydrogens is 903 g/mol. The Labute approximate surface area is 437 Å². The number of nitrogens with zero attached hydrogens (tertiary/aromatic N) is 5. The summed E-state index contributed by atoms with van der Waals surface area (Å²) in [5.41, 5.74) is 22.6. The second-order valence-electron chi connectivity index (χ2n) is 26.7. The summed E-state index contributed by atoms with van der Waals surface area (Å²) in [6.07, 6.45) is 2.28. The van der Waals surface area contributed by atoms with Crippen LogP contribution >= 0.6 is 0 Å². The molecule has 7 aromatic carbocycles. The van der Waals surface area contributed by atoms with Crippen LogP contribution in [0.15, 0.2) is 152 Å². The van der Waals surface area contributed by atoms with Crippen molar-refractivity contribution in [3.8, 4) is 62.0 Å². The second kappa shape index (κ2) is 14.9. The van der Waals surface area contributed by atoms with Gasteiger partial charge in [0.25, 0.3) is 16.1 Å². The Kier molecular flexibility index (Phi) is 9.39. The molecule has 0 bridgehead atoms. The summed E-state index contributed by atoms with van der Waals surface area (Å²) in [5.74, 6) is 1.93. The maximum absolute atomic E-state index is 7.73. The summed E-state index contributed by atoms with van der Waals surface area (Å²) in [6, 6.07) is 55.7. The van der Waals surface area contributed by atoms with Crippen molar-refractivity contribution in [3.05, 3.63) is 180 Å². The lowest BCUT2D eigenvalue weighted by Crippen LogP contribution is -2.88. The second-order valence-corrected chi connectivity index (χ2v) is 26.7. The molecule has 0 saturated heterocycles. The SMILES string of the molecule is CC(C)(C)c1cc(-n2c3[n+]4c5c(cccc52)-c2cc(C(C)(C)C)cc5c2[N+]4(Oc2ccccc2-3)[n+]2ccc(-c3ccc4c(c3)c3ccccc3n4-c3cc(C(C)(C)C)cc(C(C)(C)C)c3)cc2-5)cc(C(C)(C)C)c1. The van der Waals surface area contributed by atoms with Crippen molar-refractivity contribution >= 4 is 38.5 Å². The van der Waals surface area contributed by atoms with Crippen LogP contribution in [0.2, 0.25) is 0 Å². The largest absolute Gasteiger partial charge is 0.361 e. The third-order valence-electron chi connectivity index (χ3n) is 16.4. The number of hydrogen-bond acceptors (Lipinski definition) is 1. The van der Waals surface area contributed by atoms with Crippen molar-refractivity contribution in [1.29, 1.82) is 0 Å². The Morgan fingerprint density at radius 2 is 0.919 bits per heavy atom. The van der Waals surface area contributed by atoms with E-state index < -0.39 is 0 Å². The van der Waals surface area contributed by atoms with Crippen LogP contribution in [0.4, 0.5) is 5.69 Å². The third-order valence-corrected chi connectivity index (χ3v) is 16.4. The molecule has 0 fully saturated rings. The summed E-state index contributed by atoms with van der Waals surface area (Å²) >= 11 is 0. The molecule has 10 aromatic rings. The maximum atomic E-state index is 7.73. The van der Waals surface area contributed by atoms with Gasteiger partial charge < -0.3 is 4.57 Å². The molecule has 6 nitrogen and oxygen atoms in total. The van der Waals surface area contributed by atoms with Gasteiger partial charge in [-0.15, -0.1) is 0 Å². The number of aromatic nitrogens is 4. The van der Waals surface area contributed by atoms with Gasteiger partial charge >= 0.3 is 11.5 Å². The number of pyridine rings is 1. The average molecular weight is 973 g/mol. The van der Waals surface area contributed by atoms with E-state index >= 15 is 0 Å². The molecule has 0 aliphatic carbocycles. The van der Waals surface area contributed by atoms with Crippen molar-refractivity contribution in [2.45, 2.75) is 131 Å². The highest BCUT2D eigenvalue weighted by Crippen LogP contribution is 2.55. The molecule has 1 unspecified atom stereocenters. The van der Waals surface area contributed by atoms with E-state index in [2.05, 4.69) is 274 Å². The molecule has 74 heavy (non-hydrogen) atoms. The number of hydrogen-bond donors (Lipinski definition) is 0. The molecule has 0 saturated carbocycles. The van der Waals surface area contributed by atoms with Gasteiger partial charge in [-0.3, -0.25) is 0 Å². The Morgan fingerprint density at radius 3 is 1.55 bits per heavy atom. The highest BCUT2D eigenvalue weighted by Gasteiger charge is 2.70. The van der Waals surface area contributed by atoms with Crippen LogP contribution < -0.4 is 19.1 Å². The molecule has 3 aliphatic rings. The summed E-state index contributed by atoms with van der Waals surface area (Å²) in [6.45, 7) is 34.9. The molecule has 0 N–H and O–H groups in total. The topological polar surface area (TPSA) is 26.8 Å². The minimum absolute atomic E-state index is 0.00355. The molecule has 3 aliphatic heterocycles. The van der Waals surface area contributed by atoms with Crippen LogP contribution in [0.25, 0.3) is 89.1 Å². The first-order valence-electron chi connectivity index (χ1n) is 26.7. The van der Waals surface area contributed by atoms with Gasteiger partial charge in [0, 0.05) is 34.2 Å². The zero-order chi connectivity index (χ0) is 52.0. The van der Waals surface area contributed by atoms with Crippen LogP contribution in [-0.2, 0) is 27.1 Å². The smallest absolute Gasteiger partial charge is 0.309 e. The molecule has 6 heterocycles. The lowest BCUT2D eigenvalue weighted by Gasteiger charge is -2.29. The predicted molar refractivity (Wildman–Crippen MR) is 306 cm³/mol. The molecule has 370 valence electrons. The molecule has 13 rings (SSSR count). The van der Waals surface area contributed by atoms with Gasteiger partial charge in [-0.1, -0.05) is 158 Å². The van der Waals surface area contributed by atoms with Crippen LogP contribution in [0.1, 0.15) is 132 Å². The normalized spacial score (nSPS) is 15.9. The van der Waals surface area contributed by atoms with Crippen molar-refractivity contribution in [2.75, 3.05) is 0 Å². The summed E-state index contributed by atoms with van der Waals surface area (Å²) < 4.78 is 9.89. The number of benzene rings is 7. The van der Waals surface area contributed by atoms with Gasteiger partial charge in [0.1, 0.15) is 16.8 Å². The monoisotopic (exact) mass is 973 g/mol. The minimum atomic E-state index is -0.120. The standard InChI is InChI=1S/C68H70N5O/c1-64(2,3)43-33-44(65(4,5)6)36-48(35-43)70-56-24-18-16-21-50(56)53-31-41(27-28-57(53)70)42-29-30-69-59(32-42)55-40-47(68(13,14)15)39-54-51-23-20-25-58-61(51)72-63(52-22-17-19-26-60(52)74-73(69,72)62(54)55)71(58)49-37-45(66(7,8)9)34-46(38-49)67(10,11)12/h16-40H,1-15H3/q+3. The van der Waals surface area contributed by atoms with Gasteiger partial charge in [-0.05, 0) is 145 Å². The molecule has 1 spiro atoms. The average Bonchev–Trinajstić information content (AvgIpc) is 3.97. The first-order chi connectivity index (χ1) is 34.8. The first-order valence-corrected chi connectivity index (χ1v) is 26.7. The summed E-state index contributed by atoms with van der Waals surface area (Å²) in [5, 5.41) is 2.49. The van der Waals surface area contributed by atoms with Crippen LogP contribution in [-0.4, -0.2) is 9.13 Å². The zero-order valence-electron chi connectivity index (χ0n) is 46.1. The van der Waals surface area contributed by atoms with Gasteiger partial charge in [-0.2, -0.15) is 4.57 Å². The molecule has 0 amide bonds. The molecule has 1 atom stereocenters. The molecule has 6 heteroatoms. The molecular formula is C68H70N5O+3. The number of imidazole rings is 1. The molecule has 0 radical (unpaired) electrons. The number of para-hydroxylation sites is 3. The van der Waals surface area contributed by atoms with Gasteiger partial charge in [-0.25, -0.2) is 4.84 Å². The minimum Gasteiger partial charge on any atom is -0.309 e. The Hall–Kier alpha value is -7.28. The highest BCUT2D eigenvalue weighted by atomic mass is 16.8. The fourth-order valence-corrected chi connectivity index (χ4v) is 12.1. The number of quaternary nitrogens is 1. The fraction of sp³-hybridized carbons (Fsp3) is 0.294. The van der Waals surface area contributed by atoms with Gasteiger partial charge in [0.05, 0.1) is 25.9 Å². The summed E-state index contributed by atoms with van der Waals surface area (Å²) in [4.78, 5) is 7.75. The van der Waals surface area contributed by atoms with E-state index in [1.165, 1.54) is 77.6 Å². The Bertz CT molecular complexity index is 4010. The van der Waals surface area contributed by atoms with E-state index in [0.717, 1.165) is 50.8 Å². The van der Waals surface area contributed by atoms with E-state index in [4.69, 9.17) is 4.84 Å². The zero-order valence-corrected chi connectivity index (χ0v) is 46.1. The maximum Gasteiger partial charge on any atom is 0.361 e. The quantitative estimate of drug-likeness (QED) is 0.128. The third kappa shape index (κ3) is 6.59. The van der Waals surface area contributed by atoms with Crippen LogP contribution in [0, 0.1) is 0 Å². The Morgan fingerprint density at radius 1 is 0.405 bits per heavy atom. The Balaban J connectivity index is 1.08. The number of fused-ring (bicyclic) bond motifs is 8. The van der Waals surface area contributed by atoms with Crippen molar-refractivity contribution in [1.82, 2.24) is 14.0 Å². The lowest BCUT2D eigenvalue weighted by molar-refractivity contribution is -1.08. The van der Waals surface area contributed by atoms with E-state index in [-0.39, 0.29) is 31.9 Å². The van der Waals surface area contributed by atoms with Crippen molar-refractivity contribution in [2.24, 2.45) is 0 Å². The number of rotatable bonds is 3. The highest BCUT2D eigenvalue weighted by molar-refractivity contribution is 6.10. The fourth-order valence-electron chi connectivity index (χ4n) is 12.1. The van der Waals surface area contributed by atoms with Crippen LogP contribution in [0.5, 0.6) is 5.75 Å². The van der Waals surface area contributed by atoms with Gasteiger partial charge in [0.2, 0.25) is 11.9 Å². The lowest BCUT2D eigenvalue weighted by atomic mass is 9.80. The molecule has 3 aromatic heterocycles. The predicted octanol–water partition coefficient (Wildman–Crippen LogP) is 16.6. The summed E-state index contributed by atoms with van der Waals surface area (Å²) in [7, 11) is 0. The van der Waals surface area contributed by atoms with Crippen LogP contribution in [0.3, 0.4) is 0 Å². The van der Waals surface area contributed by atoms with E-state index in [1.54, 1.807) is 0 Å². The van der Waals surface area contributed by atoms with E-state index in [0.29, 0.717) is 0 Å². The van der Waals surface area contributed by atoms with E-state index in [9.17, 15) is 0 Å². The first kappa shape index (κ1) is 46.5.